The van der Waals surface area contributed by atoms with E-state index in [1.165, 1.54) is 4.31 Å². The molecular weight excluding hydrogens is 312 g/mol. The Morgan fingerprint density at radius 1 is 1.17 bits per heavy atom. The minimum Gasteiger partial charge on any atom is -0.326 e. The molecular formula is C17H26N2O3S. The van der Waals surface area contributed by atoms with Crippen molar-refractivity contribution in [2.75, 3.05) is 18.4 Å². The maximum absolute atomic E-state index is 12.7. The van der Waals surface area contributed by atoms with Crippen LogP contribution in [-0.2, 0) is 14.8 Å². The molecule has 1 aliphatic rings. The molecule has 1 aromatic rings. The molecule has 2 rings (SSSR count). The van der Waals surface area contributed by atoms with Crippen molar-refractivity contribution >= 4 is 21.6 Å². The van der Waals surface area contributed by atoms with Crippen molar-refractivity contribution in [2.24, 2.45) is 5.41 Å². The second-order valence-electron chi connectivity index (χ2n) is 7.28. The van der Waals surface area contributed by atoms with Crippen LogP contribution in [0.25, 0.3) is 0 Å². The van der Waals surface area contributed by atoms with Gasteiger partial charge in [-0.3, -0.25) is 4.79 Å². The topological polar surface area (TPSA) is 66.5 Å². The van der Waals surface area contributed by atoms with Crippen molar-refractivity contribution in [3.05, 3.63) is 24.3 Å². The molecule has 0 aromatic heterocycles. The number of amides is 1. The Morgan fingerprint density at radius 3 is 2.43 bits per heavy atom. The summed E-state index contributed by atoms with van der Waals surface area (Å²) in [5.41, 5.74) is 0.416. The van der Waals surface area contributed by atoms with Crippen molar-refractivity contribution in [2.45, 2.75) is 51.3 Å². The SMILES string of the molecule is CC(C)(C)CC(=O)Nc1cccc(S(=O)(=O)N2CCCCC2)c1. The van der Waals surface area contributed by atoms with Crippen LogP contribution >= 0.6 is 0 Å². The molecule has 128 valence electrons. The van der Waals surface area contributed by atoms with Gasteiger partial charge in [-0.15, -0.1) is 0 Å². The number of benzene rings is 1. The van der Waals surface area contributed by atoms with Gasteiger partial charge in [-0.2, -0.15) is 4.31 Å². The van der Waals surface area contributed by atoms with E-state index in [9.17, 15) is 13.2 Å². The van der Waals surface area contributed by atoms with E-state index in [0.717, 1.165) is 19.3 Å². The molecule has 0 unspecified atom stereocenters. The fourth-order valence-electron chi connectivity index (χ4n) is 2.68. The number of nitrogens with zero attached hydrogens (tertiary/aromatic N) is 1. The first-order valence-electron chi connectivity index (χ1n) is 8.09. The lowest BCUT2D eigenvalue weighted by Gasteiger charge is -2.26. The normalized spacial score (nSPS) is 17.0. The Labute approximate surface area is 139 Å². The molecule has 23 heavy (non-hydrogen) atoms. The lowest BCUT2D eigenvalue weighted by molar-refractivity contribution is -0.117. The van der Waals surface area contributed by atoms with Crippen molar-refractivity contribution in [3.63, 3.8) is 0 Å². The van der Waals surface area contributed by atoms with E-state index in [1.807, 2.05) is 20.8 Å². The summed E-state index contributed by atoms with van der Waals surface area (Å²) in [5.74, 6) is -0.106. The molecule has 1 N–H and O–H groups in total. The van der Waals surface area contributed by atoms with Crippen LogP contribution in [0.5, 0.6) is 0 Å². The summed E-state index contributed by atoms with van der Waals surface area (Å²) in [5, 5.41) is 2.79. The molecule has 1 aromatic carbocycles. The number of hydrogen-bond acceptors (Lipinski definition) is 3. The Kier molecular flexibility index (Phi) is 5.47. The quantitative estimate of drug-likeness (QED) is 0.916. The largest absolute Gasteiger partial charge is 0.326 e. The number of rotatable bonds is 4. The zero-order chi connectivity index (χ0) is 17.1. The van der Waals surface area contributed by atoms with Crippen LogP contribution in [0.2, 0.25) is 0 Å². The number of piperidine rings is 1. The summed E-state index contributed by atoms with van der Waals surface area (Å²) in [4.78, 5) is 12.3. The molecule has 0 radical (unpaired) electrons. The molecule has 1 fully saturated rings. The fraction of sp³-hybridized carbons (Fsp3) is 0.588. The summed E-state index contributed by atoms with van der Waals surface area (Å²) in [6.45, 7) is 7.11. The lowest BCUT2D eigenvalue weighted by Crippen LogP contribution is -2.35. The average molecular weight is 338 g/mol. The summed E-state index contributed by atoms with van der Waals surface area (Å²) >= 11 is 0. The van der Waals surface area contributed by atoms with E-state index in [-0.39, 0.29) is 16.2 Å². The summed E-state index contributed by atoms with van der Waals surface area (Å²) < 4.78 is 26.9. The third-order valence-corrected chi connectivity index (χ3v) is 5.66. The first-order chi connectivity index (χ1) is 10.7. The smallest absolute Gasteiger partial charge is 0.243 e. The summed E-state index contributed by atoms with van der Waals surface area (Å²) in [7, 11) is -3.47. The monoisotopic (exact) mass is 338 g/mol. The highest BCUT2D eigenvalue weighted by molar-refractivity contribution is 7.89. The van der Waals surface area contributed by atoms with Crippen molar-refractivity contribution < 1.29 is 13.2 Å². The van der Waals surface area contributed by atoms with E-state index >= 15 is 0 Å². The summed E-state index contributed by atoms with van der Waals surface area (Å²) in [6.07, 6.45) is 3.27. The van der Waals surface area contributed by atoms with Crippen LogP contribution in [-0.4, -0.2) is 31.7 Å². The number of sulfonamides is 1. The van der Waals surface area contributed by atoms with Crippen molar-refractivity contribution in [1.82, 2.24) is 4.31 Å². The van der Waals surface area contributed by atoms with Gasteiger partial charge in [-0.25, -0.2) is 8.42 Å². The van der Waals surface area contributed by atoms with Gasteiger partial charge in [-0.05, 0) is 36.5 Å². The van der Waals surface area contributed by atoms with Crippen LogP contribution in [0, 0.1) is 5.41 Å². The molecule has 0 bridgehead atoms. The number of carbonyl (C=O) groups is 1. The predicted molar refractivity (Wildman–Crippen MR) is 91.8 cm³/mol. The standard InChI is InChI=1S/C17H26N2O3S/c1-17(2,3)13-16(20)18-14-8-7-9-15(12-14)23(21,22)19-10-5-4-6-11-19/h7-9,12H,4-6,10-11,13H2,1-3H3,(H,18,20). The molecule has 1 saturated heterocycles. The number of nitrogens with one attached hydrogen (secondary N) is 1. The van der Waals surface area contributed by atoms with Gasteiger partial charge >= 0.3 is 0 Å². The first kappa shape index (κ1) is 17.9. The van der Waals surface area contributed by atoms with E-state index in [2.05, 4.69) is 5.32 Å². The second kappa shape index (κ2) is 7.01. The first-order valence-corrected chi connectivity index (χ1v) is 9.53. The average Bonchev–Trinajstić information content (AvgIpc) is 2.46. The highest BCUT2D eigenvalue weighted by Crippen LogP contribution is 2.24. The van der Waals surface area contributed by atoms with Gasteiger partial charge < -0.3 is 5.32 Å². The third kappa shape index (κ3) is 5.04. The summed E-state index contributed by atoms with van der Waals surface area (Å²) in [6, 6.07) is 6.52. The van der Waals surface area contributed by atoms with Gasteiger partial charge in [-0.1, -0.05) is 33.3 Å². The number of anilines is 1. The molecule has 0 atom stereocenters. The van der Waals surface area contributed by atoms with Gasteiger partial charge in [0.1, 0.15) is 0 Å². The molecule has 0 aliphatic carbocycles. The van der Waals surface area contributed by atoms with E-state index < -0.39 is 10.0 Å². The molecule has 0 saturated carbocycles. The van der Waals surface area contributed by atoms with Gasteiger partial charge in [0.2, 0.25) is 15.9 Å². The third-order valence-electron chi connectivity index (χ3n) is 3.76. The van der Waals surface area contributed by atoms with Crippen LogP contribution < -0.4 is 5.32 Å². The van der Waals surface area contributed by atoms with Gasteiger partial charge in [0, 0.05) is 25.2 Å². The molecule has 1 aliphatic heterocycles. The minimum atomic E-state index is -3.47. The van der Waals surface area contributed by atoms with Crippen LogP contribution in [0.1, 0.15) is 46.5 Å². The molecule has 1 amide bonds. The predicted octanol–water partition coefficient (Wildman–Crippen LogP) is 3.24. The van der Waals surface area contributed by atoms with Crippen LogP contribution in [0.4, 0.5) is 5.69 Å². The zero-order valence-corrected chi connectivity index (χ0v) is 14.9. The minimum absolute atomic E-state index is 0.106. The zero-order valence-electron chi connectivity index (χ0n) is 14.1. The van der Waals surface area contributed by atoms with E-state index in [1.54, 1.807) is 24.3 Å². The van der Waals surface area contributed by atoms with Crippen molar-refractivity contribution in [1.29, 1.82) is 0 Å². The highest BCUT2D eigenvalue weighted by Gasteiger charge is 2.26. The number of hydrogen-bond donors (Lipinski definition) is 1. The Hall–Kier alpha value is -1.40. The maximum atomic E-state index is 12.7. The van der Waals surface area contributed by atoms with E-state index in [4.69, 9.17) is 0 Å². The molecule has 1 heterocycles. The Bertz CT molecular complexity index is 657. The van der Waals surface area contributed by atoms with Crippen molar-refractivity contribution in [3.8, 4) is 0 Å². The lowest BCUT2D eigenvalue weighted by atomic mass is 9.92. The van der Waals surface area contributed by atoms with Gasteiger partial charge in [0.15, 0.2) is 0 Å². The number of carbonyl (C=O) groups excluding carboxylic acids is 1. The Morgan fingerprint density at radius 2 is 1.83 bits per heavy atom. The molecule has 5 nitrogen and oxygen atoms in total. The highest BCUT2D eigenvalue weighted by atomic mass is 32.2. The van der Waals surface area contributed by atoms with Crippen LogP contribution in [0.3, 0.4) is 0 Å². The van der Waals surface area contributed by atoms with Gasteiger partial charge in [0.05, 0.1) is 4.90 Å². The van der Waals surface area contributed by atoms with Crippen LogP contribution in [0.15, 0.2) is 29.2 Å². The fourth-order valence-corrected chi connectivity index (χ4v) is 4.24. The van der Waals surface area contributed by atoms with E-state index in [0.29, 0.717) is 25.2 Å². The molecule has 0 spiro atoms. The molecule has 6 heteroatoms. The van der Waals surface area contributed by atoms with Gasteiger partial charge in [0.25, 0.3) is 0 Å². The Balaban J connectivity index is 2.14. The maximum Gasteiger partial charge on any atom is 0.243 e. The second-order valence-corrected chi connectivity index (χ2v) is 9.22.